The Labute approximate surface area is 159 Å². The van der Waals surface area contributed by atoms with Gasteiger partial charge in [0.1, 0.15) is 5.82 Å². The van der Waals surface area contributed by atoms with Crippen LogP contribution in [0.1, 0.15) is 13.8 Å². The molecule has 1 amide bonds. The van der Waals surface area contributed by atoms with Gasteiger partial charge in [0.05, 0.1) is 11.1 Å². The van der Waals surface area contributed by atoms with Crippen LogP contribution in [0.15, 0.2) is 52.5 Å². The zero-order valence-corrected chi connectivity index (χ0v) is 15.8. The maximum atomic E-state index is 13.2. The third-order valence-corrected chi connectivity index (χ3v) is 4.66. The number of thioether (sulfide) groups is 1. The van der Waals surface area contributed by atoms with E-state index in [2.05, 4.69) is 15.3 Å². The van der Waals surface area contributed by atoms with Gasteiger partial charge >= 0.3 is 0 Å². The molecule has 140 valence electrons. The van der Waals surface area contributed by atoms with Gasteiger partial charge in [-0.1, -0.05) is 31.7 Å². The highest BCUT2D eigenvalue weighted by Gasteiger charge is 2.15. The molecule has 0 radical (unpaired) electrons. The second-order valence-corrected chi connectivity index (χ2v) is 7.37. The lowest BCUT2D eigenvalue weighted by molar-refractivity contribution is -0.113. The van der Waals surface area contributed by atoms with Crippen molar-refractivity contribution in [2.24, 2.45) is 5.92 Å². The van der Waals surface area contributed by atoms with Crippen molar-refractivity contribution >= 4 is 34.4 Å². The van der Waals surface area contributed by atoms with Crippen LogP contribution in [0.2, 0.25) is 0 Å². The number of hydrogen-bond donors (Lipinski definition) is 1. The molecule has 0 aliphatic rings. The molecule has 0 aliphatic carbocycles. The third-order valence-electron chi connectivity index (χ3n) is 3.68. The lowest BCUT2D eigenvalue weighted by atomic mass is 10.2. The molecule has 3 aromatic rings. The highest BCUT2D eigenvalue weighted by Crippen LogP contribution is 2.19. The summed E-state index contributed by atoms with van der Waals surface area (Å²) in [6, 6.07) is 9.08. The van der Waals surface area contributed by atoms with Crippen LogP contribution in [0.5, 0.6) is 0 Å². The molecule has 0 saturated carbocycles. The van der Waals surface area contributed by atoms with E-state index in [-0.39, 0.29) is 23.1 Å². The minimum Gasteiger partial charge on any atom is -0.325 e. The van der Waals surface area contributed by atoms with Crippen molar-refractivity contribution in [3.63, 3.8) is 0 Å². The number of fused-ring (bicyclic) bond motifs is 1. The number of carbonyl (C=O) groups is 1. The van der Waals surface area contributed by atoms with Gasteiger partial charge in [0, 0.05) is 18.4 Å². The number of nitrogens with one attached hydrogen (secondary N) is 1. The van der Waals surface area contributed by atoms with E-state index in [4.69, 9.17) is 0 Å². The zero-order chi connectivity index (χ0) is 19.4. The summed E-state index contributed by atoms with van der Waals surface area (Å²) in [5.74, 6) is -0.455. The predicted molar refractivity (Wildman–Crippen MR) is 104 cm³/mol. The van der Waals surface area contributed by atoms with Gasteiger partial charge in [0.15, 0.2) is 10.8 Å². The van der Waals surface area contributed by atoms with Crippen molar-refractivity contribution in [3.05, 3.63) is 58.8 Å². The van der Waals surface area contributed by atoms with Crippen molar-refractivity contribution in [2.75, 3.05) is 11.1 Å². The Kier molecular flexibility index (Phi) is 5.85. The number of amides is 1. The van der Waals surface area contributed by atoms with Gasteiger partial charge in [0.25, 0.3) is 5.56 Å². The first-order valence-corrected chi connectivity index (χ1v) is 9.46. The highest BCUT2D eigenvalue weighted by molar-refractivity contribution is 7.99. The van der Waals surface area contributed by atoms with E-state index >= 15 is 0 Å². The fraction of sp³-hybridized carbons (Fsp3) is 0.263. The second kappa shape index (κ2) is 8.30. The minimum absolute atomic E-state index is 0.0411. The Morgan fingerprint density at radius 3 is 2.85 bits per heavy atom. The Hall–Kier alpha value is -2.74. The summed E-state index contributed by atoms with van der Waals surface area (Å²) < 4.78 is 14.8. The Morgan fingerprint density at radius 1 is 1.30 bits per heavy atom. The van der Waals surface area contributed by atoms with Crippen LogP contribution in [-0.4, -0.2) is 26.2 Å². The molecule has 0 saturated heterocycles. The van der Waals surface area contributed by atoms with Crippen LogP contribution in [-0.2, 0) is 11.3 Å². The Bertz CT molecular complexity index is 1040. The minimum atomic E-state index is -0.423. The van der Waals surface area contributed by atoms with Gasteiger partial charge in [0.2, 0.25) is 5.91 Å². The van der Waals surface area contributed by atoms with E-state index < -0.39 is 5.82 Å². The summed E-state index contributed by atoms with van der Waals surface area (Å²) in [7, 11) is 0. The van der Waals surface area contributed by atoms with Crippen LogP contribution in [0.3, 0.4) is 0 Å². The van der Waals surface area contributed by atoms with Crippen molar-refractivity contribution in [3.8, 4) is 0 Å². The van der Waals surface area contributed by atoms with E-state index in [1.807, 2.05) is 13.8 Å². The largest absolute Gasteiger partial charge is 0.325 e. The molecule has 0 spiro atoms. The highest BCUT2D eigenvalue weighted by atomic mass is 32.2. The molecule has 8 heteroatoms. The van der Waals surface area contributed by atoms with Crippen molar-refractivity contribution in [1.29, 1.82) is 0 Å². The van der Waals surface area contributed by atoms with Gasteiger partial charge in [-0.25, -0.2) is 14.4 Å². The molecule has 0 bridgehead atoms. The molecule has 27 heavy (non-hydrogen) atoms. The number of carbonyl (C=O) groups excluding carboxylic acids is 1. The summed E-state index contributed by atoms with van der Waals surface area (Å²) in [6.45, 7) is 4.50. The monoisotopic (exact) mass is 386 g/mol. The molecule has 6 nitrogen and oxygen atoms in total. The average Bonchev–Trinajstić information content (AvgIpc) is 2.62. The second-order valence-electron chi connectivity index (χ2n) is 6.43. The Balaban J connectivity index is 1.82. The molecule has 0 unspecified atom stereocenters. The topological polar surface area (TPSA) is 76.9 Å². The van der Waals surface area contributed by atoms with E-state index in [0.717, 1.165) is 11.8 Å². The molecule has 0 fully saturated rings. The van der Waals surface area contributed by atoms with E-state index in [0.29, 0.717) is 28.4 Å². The first-order valence-electron chi connectivity index (χ1n) is 8.48. The van der Waals surface area contributed by atoms with Crippen molar-refractivity contribution in [2.45, 2.75) is 25.5 Å². The molecule has 1 aromatic carbocycles. The maximum Gasteiger partial charge on any atom is 0.263 e. The number of benzene rings is 1. The number of rotatable bonds is 6. The van der Waals surface area contributed by atoms with Gasteiger partial charge in [-0.3, -0.25) is 14.2 Å². The van der Waals surface area contributed by atoms with Crippen molar-refractivity contribution < 1.29 is 9.18 Å². The molecule has 2 aromatic heterocycles. The number of anilines is 1. The van der Waals surface area contributed by atoms with Crippen molar-refractivity contribution in [1.82, 2.24) is 14.5 Å². The molecule has 1 N–H and O–H groups in total. The van der Waals surface area contributed by atoms with Crippen LogP contribution in [0, 0.1) is 11.7 Å². The maximum absolute atomic E-state index is 13.2. The molecular formula is C19H19FN4O2S. The predicted octanol–water partition coefficient (Wildman–Crippen LogP) is 3.32. The lowest BCUT2D eigenvalue weighted by Crippen LogP contribution is -2.26. The van der Waals surface area contributed by atoms with Crippen LogP contribution >= 0.6 is 11.8 Å². The molecule has 0 atom stereocenters. The number of aromatic nitrogens is 3. The van der Waals surface area contributed by atoms with Crippen LogP contribution in [0.4, 0.5) is 10.1 Å². The van der Waals surface area contributed by atoms with E-state index in [1.54, 1.807) is 29.0 Å². The summed E-state index contributed by atoms with van der Waals surface area (Å²) in [5.41, 5.74) is 0.568. The molecule has 3 rings (SSSR count). The summed E-state index contributed by atoms with van der Waals surface area (Å²) in [6.07, 6.45) is 1.58. The fourth-order valence-corrected chi connectivity index (χ4v) is 3.36. The average molecular weight is 386 g/mol. The molecule has 0 aliphatic heterocycles. The standard InChI is InChI=1S/C19H19FN4O2S/c1-12(2)10-24-18(26)15-7-4-8-21-17(15)23-19(24)27-11-16(25)22-14-6-3-5-13(20)9-14/h3-9,12H,10-11H2,1-2H3,(H,22,25). The zero-order valence-electron chi connectivity index (χ0n) is 15.0. The number of pyridine rings is 1. The van der Waals surface area contributed by atoms with Crippen LogP contribution < -0.4 is 10.9 Å². The normalized spacial score (nSPS) is 11.1. The van der Waals surface area contributed by atoms with Crippen LogP contribution in [0.25, 0.3) is 11.0 Å². The number of hydrogen-bond acceptors (Lipinski definition) is 5. The van der Waals surface area contributed by atoms with Gasteiger partial charge in [-0.05, 0) is 36.2 Å². The number of nitrogens with zero attached hydrogens (tertiary/aromatic N) is 3. The Morgan fingerprint density at radius 2 is 2.11 bits per heavy atom. The first-order chi connectivity index (χ1) is 12.9. The SMILES string of the molecule is CC(C)Cn1c(SCC(=O)Nc2cccc(F)c2)nc2ncccc2c1=O. The van der Waals surface area contributed by atoms with Gasteiger partial charge in [-0.2, -0.15) is 0 Å². The molecule has 2 heterocycles. The molecular weight excluding hydrogens is 367 g/mol. The van der Waals surface area contributed by atoms with Gasteiger partial charge < -0.3 is 5.32 Å². The smallest absolute Gasteiger partial charge is 0.263 e. The van der Waals surface area contributed by atoms with Gasteiger partial charge in [-0.15, -0.1) is 0 Å². The number of halogens is 1. The summed E-state index contributed by atoms with van der Waals surface area (Å²) in [5, 5.41) is 3.52. The fourth-order valence-electron chi connectivity index (χ4n) is 2.57. The summed E-state index contributed by atoms with van der Waals surface area (Å²) >= 11 is 1.16. The lowest BCUT2D eigenvalue weighted by Gasteiger charge is -2.14. The summed E-state index contributed by atoms with van der Waals surface area (Å²) in [4.78, 5) is 33.6. The quantitative estimate of drug-likeness (QED) is 0.519. The first kappa shape index (κ1) is 19.0. The van der Waals surface area contributed by atoms with E-state index in [9.17, 15) is 14.0 Å². The third kappa shape index (κ3) is 4.71. The van der Waals surface area contributed by atoms with E-state index in [1.165, 1.54) is 18.2 Å².